The van der Waals surface area contributed by atoms with Crippen LogP contribution in [0, 0.1) is 0 Å². The van der Waals surface area contributed by atoms with Gasteiger partial charge in [0, 0.05) is 7.05 Å². The first-order valence-corrected chi connectivity index (χ1v) is 4.85. The quantitative estimate of drug-likeness (QED) is 0.624. The predicted octanol–water partition coefficient (Wildman–Crippen LogP) is -0.663. The van der Waals surface area contributed by atoms with Gasteiger partial charge in [-0.2, -0.15) is 0 Å². The van der Waals surface area contributed by atoms with Crippen molar-refractivity contribution in [2.75, 3.05) is 0 Å². The number of nitrogens with zero attached hydrogens (tertiary/aromatic N) is 1. The molecule has 1 aromatic heterocycles. The molecule has 2 aromatic rings. The summed E-state index contributed by atoms with van der Waals surface area (Å²) in [6.45, 7) is 2.03. The molecule has 0 radical (unpaired) electrons. The van der Waals surface area contributed by atoms with Gasteiger partial charge in [-0.25, -0.2) is 4.79 Å². The topological polar surface area (TPSA) is 54.9 Å². The zero-order chi connectivity index (χ0) is 11.0. The molecule has 2 rings (SSSR count). The molecule has 15 heavy (non-hydrogen) atoms. The summed E-state index contributed by atoms with van der Waals surface area (Å²) in [6, 6.07) is 5.51. The van der Waals surface area contributed by atoms with Crippen molar-refractivity contribution < 1.29 is 0 Å². The van der Waals surface area contributed by atoms with Crippen molar-refractivity contribution in [2.45, 2.75) is 6.82 Å². The number of nitrogens with one attached hydrogen (secondary N) is 1. The summed E-state index contributed by atoms with van der Waals surface area (Å²) in [5.41, 5.74) is 1.09. The Morgan fingerprint density at radius 1 is 1.33 bits per heavy atom. The summed E-state index contributed by atoms with van der Waals surface area (Å²) in [4.78, 5) is 25.7. The van der Waals surface area contributed by atoms with Gasteiger partial charge in [0.2, 0.25) is 0 Å². The lowest BCUT2D eigenvalue weighted by Gasteiger charge is -2.02. The van der Waals surface area contributed by atoms with E-state index in [2.05, 4.69) is 4.98 Å². The van der Waals surface area contributed by atoms with E-state index >= 15 is 0 Å². The van der Waals surface area contributed by atoms with Crippen LogP contribution in [0.25, 0.3) is 10.9 Å². The molecule has 0 unspecified atom stereocenters. The van der Waals surface area contributed by atoms with E-state index in [9.17, 15) is 9.59 Å². The van der Waals surface area contributed by atoms with E-state index in [-0.39, 0.29) is 11.2 Å². The first-order valence-electron chi connectivity index (χ1n) is 4.85. The van der Waals surface area contributed by atoms with Crippen molar-refractivity contribution >= 4 is 23.6 Å². The molecule has 4 nitrogen and oxygen atoms in total. The molecular formula is C10H11BN2O2. The van der Waals surface area contributed by atoms with Gasteiger partial charge < -0.3 is 4.98 Å². The van der Waals surface area contributed by atoms with Crippen LogP contribution in [0.4, 0.5) is 0 Å². The Kier molecular flexibility index (Phi) is 2.23. The van der Waals surface area contributed by atoms with Gasteiger partial charge in [0.25, 0.3) is 5.56 Å². The molecular weight excluding hydrogens is 191 g/mol. The maximum Gasteiger partial charge on any atom is 0.328 e. The van der Waals surface area contributed by atoms with Gasteiger partial charge in [-0.15, -0.1) is 0 Å². The molecule has 0 saturated heterocycles. The summed E-state index contributed by atoms with van der Waals surface area (Å²) in [7, 11) is 2.35. The van der Waals surface area contributed by atoms with Crippen LogP contribution >= 0.6 is 0 Å². The van der Waals surface area contributed by atoms with Crippen LogP contribution in [0.3, 0.4) is 0 Å². The zero-order valence-corrected chi connectivity index (χ0v) is 8.70. The van der Waals surface area contributed by atoms with E-state index in [1.54, 1.807) is 6.07 Å². The molecule has 76 valence electrons. The number of rotatable bonds is 1. The van der Waals surface area contributed by atoms with Crippen LogP contribution in [0.2, 0.25) is 6.82 Å². The number of aromatic amines is 1. The maximum absolute atomic E-state index is 11.7. The molecule has 0 amide bonds. The third-order valence-electron chi connectivity index (χ3n) is 2.57. The van der Waals surface area contributed by atoms with E-state index in [4.69, 9.17) is 0 Å². The van der Waals surface area contributed by atoms with Gasteiger partial charge in [0.15, 0.2) is 7.28 Å². The molecule has 0 spiro atoms. The normalized spacial score (nSPS) is 10.5. The first-order chi connectivity index (χ1) is 7.13. The third-order valence-corrected chi connectivity index (χ3v) is 2.57. The number of hydrogen-bond acceptors (Lipinski definition) is 2. The summed E-state index contributed by atoms with van der Waals surface area (Å²) in [5, 5.41) is 0.550. The Labute approximate surface area is 86.8 Å². The summed E-state index contributed by atoms with van der Waals surface area (Å²) in [5.74, 6) is 0. The lowest BCUT2D eigenvalue weighted by molar-refractivity contribution is 0.794. The Morgan fingerprint density at radius 3 is 2.73 bits per heavy atom. The number of fused-ring (bicyclic) bond motifs is 1. The van der Waals surface area contributed by atoms with Crippen LogP contribution in [0.15, 0.2) is 27.8 Å². The van der Waals surface area contributed by atoms with Crippen LogP contribution < -0.4 is 16.7 Å². The SMILES string of the molecule is CBc1ccc2c(=O)n(C)c(=O)[nH]c2c1. The highest BCUT2D eigenvalue weighted by Crippen LogP contribution is 2.01. The predicted molar refractivity (Wildman–Crippen MR) is 62.5 cm³/mol. The zero-order valence-electron chi connectivity index (χ0n) is 8.70. The number of aromatic nitrogens is 2. The molecule has 0 aliphatic carbocycles. The molecule has 1 aromatic carbocycles. The van der Waals surface area contributed by atoms with Gasteiger partial charge in [0.1, 0.15) is 0 Å². The van der Waals surface area contributed by atoms with Gasteiger partial charge in [-0.3, -0.25) is 9.36 Å². The minimum atomic E-state index is -0.374. The molecule has 0 bridgehead atoms. The number of H-pyrrole nitrogens is 1. The van der Waals surface area contributed by atoms with E-state index in [0.29, 0.717) is 10.9 Å². The molecule has 0 saturated carbocycles. The monoisotopic (exact) mass is 202 g/mol. The van der Waals surface area contributed by atoms with Crippen LogP contribution in [0.1, 0.15) is 0 Å². The lowest BCUT2D eigenvalue weighted by Crippen LogP contribution is -2.32. The van der Waals surface area contributed by atoms with E-state index in [1.807, 2.05) is 19.0 Å². The summed E-state index contributed by atoms with van der Waals surface area (Å²) in [6.07, 6.45) is 0. The molecule has 1 heterocycles. The van der Waals surface area contributed by atoms with Crippen molar-refractivity contribution in [2.24, 2.45) is 7.05 Å². The van der Waals surface area contributed by atoms with E-state index in [1.165, 1.54) is 7.05 Å². The maximum atomic E-state index is 11.7. The highest BCUT2D eigenvalue weighted by molar-refractivity contribution is 6.52. The van der Waals surface area contributed by atoms with Gasteiger partial charge >= 0.3 is 5.69 Å². The lowest BCUT2D eigenvalue weighted by atomic mass is 9.73. The van der Waals surface area contributed by atoms with Crippen molar-refractivity contribution in [3.05, 3.63) is 39.0 Å². The highest BCUT2D eigenvalue weighted by atomic mass is 16.2. The average Bonchev–Trinajstić information content (AvgIpc) is 2.25. The smallest absolute Gasteiger partial charge is 0.307 e. The second kappa shape index (κ2) is 3.42. The Balaban J connectivity index is 2.93. The Bertz CT molecular complexity index is 627. The Hall–Kier alpha value is -1.78. The van der Waals surface area contributed by atoms with Gasteiger partial charge in [-0.05, 0) is 12.1 Å². The van der Waals surface area contributed by atoms with Crippen LogP contribution in [-0.4, -0.2) is 16.8 Å². The van der Waals surface area contributed by atoms with Crippen LogP contribution in [-0.2, 0) is 7.05 Å². The minimum absolute atomic E-state index is 0.253. The number of benzene rings is 1. The van der Waals surface area contributed by atoms with Crippen molar-refractivity contribution in [1.82, 2.24) is 9.55 Å². The first kappa shape index (κ1) is 9.77. The second-order valence-electron chi connectivity index (χ2n) is 3.53. The fraction of sp³-hybridized carbons (Fsp3) is 0.200. The van der Waals surface area contributed by atoms with E-state index in [0.717, 1.165) is 17.3 Å². The average molecular weight is 202 g/mol. The fourth-order valence-electron chi connectivity index (χ4n) is 1.57. The summed E-state index contributed by atoms with van der Waals surface area (Å²) < 4.78 is 1.08. The van der Waals surface area contributed by atoms with Crippen molar-refractivity contribution in [3.63, 3.8) is 0 Å². The number of hydrogen-bond donors (Lipinski definition) is 1. The third kappa shape index (κ3) is 1.50. The largest absolute Gasteiger partial charge is 0.328 e. The fourth-order valence-corrected chi connectivity index (χ4v) is 1.57. The Morgan fingerprint density at radius 2 is 2.07 bits per heavy atom. The van der Waals surface area contributed by atoms with Crippen molar-refractivity contribution in [3.8, 4) is 0 Å². The molecule has 5 heteroatoms. The molecule has 0 aliphatic heterocycles. The molecule has 1 N–H and O–H groups in total. The highest BCUT2D eigenvalue weighted by Gasteiger charge is 2.04. The van der Waals surface area contributed by atoms with Crippen LogP contribution in [0.5, 0.6) is 0 Å². The molecule has 0 atom stereocenters. The molecule has 0 fully saturated rings. The van der Waals surface area contributed by atoms with Gasteiger partial charge in [-0.1, -0.05) is 18.4 Å². The van der Waals surface area contributed by atoms with E-state index < -0.39 is 0 Å². The second-order valence-corrected chi connectivity index (χ2v) is 3.53. The summed E-state index contributed by atoms with van der Waals surface area (Å²) >= 11 is 0. The van der Waals surface area contributed by atoms with Gasteiger partial charge in [0.05, 0.1) is 10.9 Å². The molecule has 0 aliphatic rings. The van der Waals surface area contributed by atoms with Crippen molar-refractivity contribution in [1.29, 1.82) is 0 Å². The minimum Gasteiger partial charge on any atom is -0.307 e. The standard InChI is InChI=1S/C10H11BN2O2/c1-11-6-3-4-7-8(5-6)12-10(15)13(2)9(7)14/h3-5,11H,1-2H3,(H,12,15).